The van der Waals surface area contributed by atoms with Crippen molar-refractivity contribution in [3.05, 3.63) is 72.3 Å². The van der Waals surface area contributed by atoms with Crippen LogP contribution in [0.15, 0.2) is 66.7 Å². The summed E-state index contributed by atoms with van der Waals surface area (Å²) in [6, 6.07) is 21.9. The van der Waals surface area contributed by atoms with E-state index in [4.69, 9.17) is 0 Å². The summed E-state index contributed by atoms with van der Waals surface area (Å²) >= 11 is 0. The van der Waals surface area contributed by atoms with Crippen LogP contribution >= 0.6 is 0 Å². The molecule has 1 aliphatic heterocycles. The zero-order valence-corrected chi connectivity index (χ0v) is 16.8. The van der Waals surface area contributed by atoms with Crippen LogP contribution in [0.3, 0.4) is 0 Å². The average Bonchev–Trinajstić information content (AvgIpc) is 2.81. The summed E-state index contributed by atoms with van der Waals surface area (Å²) in [5.74, 6) is -0.0745. The van der Waals surface area contributed by atoms with Gasteiger partial charge in [-0.05, 0) is 48.5 Å². The summed E-state index contributed by atoms with van der Waals surface area (Å²) in [5.41, 5.74) is 2.61. The van der Waals surface area contributed by atoms with Gasteiger partial charge in [-0.1, -0.05) is 48.5 Å². The summed E-state index contributed by atoms with van der Waals surface area (Å²) in [5, 5.41) is 5.31. The molecule has 0 saturated carbocycles. The number of anilines is 2. The van der Waals surface area contributed by atoms with E-state index < -0.39 is 0 Å². The largest absolute Gasteiger partial charge is 0.324 e. The van der Waals surface area contributed by atoms with Crippen LogP contribution in [0.2, 0.25) is 0 Å². The number of amides is 2. The lowest BCUT2D eigenvalue weighted by atomic mass is 10.1. The fourth-order valence-electron chi connectivity index (χ4n) is 3.98. The van der Waals surface area contributed by atoms with Gasteiger partial charge in [0.05, 0.1) is 17.9 Å². The number of para-hydroxylation sites is 2. The van der Waals surface area contributed by atoms with Gasteiger partial charge in [0, 0.05) is 19.0 Å². The molecule has 0 bridgehead atoms. The zero-order chi connectivity index (χ0) is 20.4. The monoisotopic (exact) mass is 387 g/mol. The molecule has 1 aliphatic rings. The number of rotatable bonds is 4. The van der Waals surface area contributed by atoms with Gasteiger partial charge in [0.15, 0.2) is 0 Å². The molecule has 2 amide bonds. The number of carbonyl (C=O) groups is 2. The summed E-state index contributed by atoms with van der Waals surface area (Å²) in [4.78, 5) is 29.1. The van der Waals surface area contributed by atoms with Crippen LogP contribution in [0, 0.1) is 0 Å². The zero-order valence-electron chi connectivity index (χ0n) is 16.8. The van der Waals surface area contributed by atoms with Crippen molar-refractivity contribution in [3.63, 3.8) is 0 Å². The van der Waals surface area contributed by atoms with Crippen molar-refractivity contribution in [1.29, 1.82) is 0 Å². The highest BCUT2D eigenvalue weighted by Gasteiger charge is 2.29. The second kappa shape index (κ2) is 8.05. The van der Waals surface area contributed by atoms with Gasteiger partial charge >= 0.3 is 0 Å². The first-order chi connectivity index (χ1) is 14.0. The number of likely N-dealkylation sites (N-methyl/N-ethyl adjacent to an activating group) is 1. The van der Waals surface area contributed by atoms with E-state index in [1.54, 1.807) is 4.90 Å². The Morgan fingerprint density at radius 2 is 1.79 bits per heavy atom. The van der Waals surface area contributed by atoms with Crippen molar-refractivity contribution in [1.82, 2.24) is 4.90 Å². The molecule has 5 nitrogen and oxygen atoms in total. The topological polar surface area (TPSA) is 52.7 Å². The molecule has 0 saturated heterocycles. The van der Waals surface area contributed by atoms with Crippen molar-refractivity contribution in [3.8, 4) is 0 Å². The molecule has 29 heavy (non-hydrogen) atoms. The van der Waals surface area contributed by atoms with Crippen LogP contribution in [-0.4, -0.2) is 36.3 Å². The molecule has 0 fully saturated rings. The quantitative estimate of drug-likeness (QED) is 0.735. The molecule has 1 N–H and O–H groups in total. The van der Waals surface area contributed by atoms with E-state index in [2.05, 4.69) is 35.6 Å². The number of fused-ring (bicyclic) bond motifs is 2. The van der Waals surface area contributed by atoms with Crippen molar-refractivity contribution in [2.24, 2.45) is 0 Å². The average molecular weight is 387 g/mol. The van der Waals surface area contributed by atoms with Crippen molar-refractivity contribution in [2.75, 3.05) is 23.8 Å². The highest BCUT2D eigenvalue weighted by molar-refractivity contribution is 6.04. The molecule has 0 radical (unpaired) electrons. The molecule has 3 aromatic rings. The Bertz CT molecular complexity index is 1060. The normalized spacial score (nSPS) is 16.4. The van der Waals surface area contributed by atoms with Crippen LogP contribution in [0.5, 0.6) is 0 Å². The van der Waals surface area contributed by atoms with Gasteiger partial charge in [-0.3, -0.25) is 14.5 Å². The molecule has 0 unspecified atom stereocenters. The molecule has 0 aromatic heterocycles. The number of hydrogen-bond donors (Lipinski definition) is 1. The smallest absolute Gasteiger partial charge is 0.241 e. The van der Waals surface area contributed by atoms with Gasteiger partial charge in [-0.15, -0.1) is 0 Å². The second-order valence-electron chi connectivity index (χ2n) is 7.74. The predicted octanol–water partition coefficient (Wildman–Crippen LogP) is 4.04. The molecule has 1 atom stereocenters. The van der Waals surface area contributed by atoms with Crippen molar-refractivity contribution in [2.45, 2.75) is 25.9 Å². The van der Waals surface area contributed by atoms with Crippen LogP contribution in [-0.2, 0) is 16.1 Å². The van der Waals surface area contributed by atoms with Gasteiger partial charge in [0.1, 0.15) is 0 Å². The Morgan fingerprint density at radius 3 is 2.62 bits per heavy atom. The molecule has 3 aromatic carbocycles. The Kier molecular flexibility index (Phi) is 5.32. The minimum absolute atomic E-state index is 0.00950. The number of benzene rings is 3. The maximum atomic E-state index is 13.2. The van der Waals surface area contributed by atoms with E-state index in [1.807, 2.05) is 55.3 Å². The highest BCUT2D eigenvalue weighted by Crippen LogP contribution is 2.31. The van der Waals surface area contributed by atoms with Gasteiger partial charge < -0.3 is 10.2 Å². The van der Waals surface area contributed by atoms with Gasteiger partial charge in [-0.2, -0.15) is 0 Å². The Morgan fingerprint density at radius 1 is 1.07 bits per heavy atom. The third-order valence-corrected chi connectivity index (χ3v) is 5.30. The van der Waals surface area contributed by atoms with E-state index in [0.29, 0.717) is 12.2 Å². The maximum Gasteiger partial charge on any atom is 0.241 e. The summed E-state index contributed by atoms with van der Waals surface area (Å²) in [6.45, 7) is 2.88. The van der Waals surface area contributed by atoms with Crippen LogP contribution in [0.4, 0.5) is 11.4 Å². The first-order valence-electron chi connectivity index (χ1n) is 9.88. The molecular formula is C24H25N3O2. The van der Waals surface area contributed by atoms with E-state index >= 15 is 0 Å². The molecular weight excluding hydrogens is 362 g/mol. The minimum atomic E-state index is -0.194. The lowest BCUT2D eigenvalue weighted by Gasteiger charge is -2.29. The third-order valence-electron chi connectivity index (χ3n) is 5.30. The molecule has 0 aliphatic carbocycles. The highest BCUT2D eigenvalue weighted by atomic mass is 16.2. The van der Waals surface area contributed by atoms with Crippen molar-refractivity contribution < 1.29 is 9.59 Å². The van der Waals surface area contributed by atoms with E-state index in [9.17, 15) is 9.59 Å². The Hall–Kier alpha value is -3.18. The van der Waals surface area contributed by atoms with E-state index in [1.165, 1.54) is 16.3 Å². The molecule has 148 valence electrons. The van der Waals surface area contributed by atoms with Gasteiger partial charge in [0.25, 0.3) is 0 Å². The van der Waals surface area contributed by atoms with E-state index in [0.717, 1.165) is 5.69 Å². The van der Waals surface area contributed by atoms with E-state index in [-0.39, 0.29) is 30.8 Å². The second-order valence-corrected chi connectivity index (χ2v) is 7.74. The maximum absolute atomic E-state index is 13.2. The minimum Gasteiger partial charge on any atom is -0.324 e. The van der Waals surface area contributed by atoms with Gasteiger partial charge in [0.2, 0.25) is 11.8 Å². The first kappa shape index (κ1) is 19.2. The number of nitrogens with zero attached hydrogens (tertiary/aromatic N) is 2. The van der Waals surface area contributed by atoms with Crippen LogP contribution in [0.1, 0.15) is 18.9 Å². The summed E-state index contributed by atoms with van der Waals surface area (Å²) in [6.07, 6.45) is 0.287. The fraction of sp³-hybridized carbons (Fsp3) is 0.250. The number of carbonyl (C=O) groups excluding carboxylic acids is 2. The van der Waals surface area contributed by atoms with Gasteiger partial charge in [-0.25, -0.2) is 0 Å². The predicted molar refractivity (Wildman–Crippen MR) is 117 cm³/mol. The first-order valence-corrected chi connectivity index (χ1v) is 9.88. The standard InChI is InChI=1S/C24H25N3O2/c1-17-13-23(28)25-21-9-5-6-10-22(21)27(17)24(29)16-26(2)15-18-11-12-19-7-3-4-8-20(19)14-18/h3-12,14,17H,13,15-16H2,1-2H3,(H,25,28)/t17-/m0/s1. The molecule has 5 heteroatoms. The summed E-state index contributed by atoms with van der Waals surface area (Å²) < 4.78 is 0. The SMILES string of the molecule is C[C@H]1CC(=O)Nc2ccccc2N1C(=O)CN(C)Cc1ccc2ccccc2c1. The number of nitrogens with one attached hydrogen (secondary N) is 1. The van der Waals surface area contributed by atoms with Crippen LogP contribution < -0.4 is 10.2 Å². The summed E-state index contributed by atoms with van der Waals surface area (Å²) in [7, 11) is 1.95. The lowest BCUT2D eigenvalue weighted by molar-refractivity contribution is -0.120. The van der Waals surface area contributed by atoms with Crippen LogP contribution in [0.25, 0.3) is 10.8 Å². The molecule has 1 heterocycles. The lowest BCUT2D eigenvalue weighted by Crippen LogP contribution is -2.44. The molecule has 4 rings (SSSR count). The Labute approximate surface area is 170 Å². The fourth-order valence-corrected chi connectivity index (χ4v) is 3.98. The molecule has 0 spiro atoms. The Balaban J connectivity index is 1.51. The third kappa shape index (κ3) is 4.15. The van der Waals surface area contributed by atoms with Crippen molar-refractivity contribution >= 4 is 34.0 Å². The number of hydrogen-bond acceptors (Lipinski definition) is 3.